The van der Waals surface area contributed by atoms with E-state index in [1.165, 1.54) is 39.2 Å². The van der Waals surface area contributed by atoms with Gasteiger partial charge in [0, 0.05) is 39.1 Å². The Hall–Kier alpha value is -3.95. The fourth-order valence-corrected chi connectivity index (χ4v) is 4.14. The van der Waals surface area contributed by atoms with E-state index in [-0.39, 0.29) is 13.2 Å². The summed E-state index contributed by atoms with van der Waals surface area (Å²) < 4.78 is 6.86. The zero-order chi connectivity index (χ0) is 24.1. The molecule has 3 heterocycles. The highest BCUT2D eigenvalue weighted by Gasteiger charge is 2.19. The predicted molar refractivity (Wildman–Crippen MR) is 131 cm³/mol. The Morgan fingerprint density at radius 2 is 2.03 bits per heavy atom. The normalized spacial score (nSPS) is 13.9. The summed E-state index contributed by atoms with van der Waals surface area (Å²) >= 11 is 0. The van der Waals surface area contributed by atoms with Crippen LogP contribution in [0.4, 0.5) is 5.82 Å². The van der Waals surface area contributed by atoms with Gasteiger partial charge in [0.05, 0.1) is 30.6 Å². The number of hydrogen-bond acceptors (Lipinski definition) is 6. The van der Waals surface area contributed by atoms with Gasteiger partial charge in [0.1, 0.15) is 5.75 Å². The van der Waals surface area contributed by atoms with Crippen LogP contribution in [0.3, 0.4) is 0 Å². The smallest absolute Gasteiger partial charge is 0.260 e. The summed E-state index contributed by atoms with van der Waals surface area (Å²) in [7, 11) is 3.43. The first kappa shape index (κ1) is 23.2. The Balaban J connectivity index is 0.000000243. The highest BCUT2D eigenvalue weighted by molar-refractivity contribution is 6.08. The second-order valence-corrected chi connectivity index (χ2v) is 8.32. The Morgan fingerprint density at radius 3 is 2.76 bits per heavy atom. The van der Waals surface area contributed by atoms with Crippen molar-refractivity contribution in [2.75, 3.05) is 19.5 Å². The number of methoxy groups -OCH3 is 1. The Kier molecular flexibility index (Phi) is 7.05. The van der Waals surface area contributed by atoms with Crippen LogP contribution in [0.5, 0.6) is 5.75 Å². The number of benzene rings is 1. The lowest BCUT2D eigenvalue weighted by atomic mass is 9.94. The fourth-order valence-electron chi connectivity index (χ4n) is 4.14. The summed E-state index contributed by atoms with van der Waals surface area (Å²) in [5.74, 6) is 0.843. The van der Waals surface area contributed by atoms with Gasteiger partial charge in [-0.25, -0.2) is 4.98 Å². The molecule has 0 spiro atoms. The molecule has 0 unspecified atom stereocenters. The molecular formula is C24H31N7O3. The lowest BCUT2D eigenvalue weighted by Crippen LogP contribution is -2.36. The van der Waals surface area contributed by atoms with Crippen molar-refractivity contribution in [3.05, 3.63) is 48.4 Å². The SMILES string of the molecule is CC(=O)N(C)C1CCCCC1.COc1cc2[nH]ncc2cc1C(=O)Nc1cnc2cccnn12.[HH]. The summed E-state index contributed by atoms with van der Waals surface area (Å²) in [6, 6.07) is 7.58. The van der Waals surface area contributed by atoms with E-state index in [1.807, 2.05) is 11.9 Å². The minimum absolute atomic E-state index is 0. The van der Waals surface area contributed by atoms with Gasteiger partial charge in [-0.2, -0.15) is 14.7 Å². The molecule has 0 aliphatic heterocycles. The number of nitrogens with one attached hydrogen (secondary N) is 2. The largest absolute Gasteiger partial charge is 0.496 e. The zero-order valence-corrected chi connectivity index (χ0v) is 19.6. The highest BCUT2D eigenvalue weighted by atomic mass is 16.5. The molecule has 1 saturated carbocycles. The van der Waals surface area contributed by atoms with Crippen molar-refractivity contribution >= 4 is 34.2 Å². The van der Waals surface area contributed by atoms with Crippen LogP contribution in [0.25, 0.3) is 16.6 Å². The van der Waals surface area contributed by atoms with Gasteiger partial charge in [-0.15, -0.1) is 0 Å². The van der Waals surface area contributed by atoms with Gasteiger partial charge >= 0.3 is 0 Å². The van der Waals surface area contributed by atoms with E-state index in [0.717, 1.165) is 10.9 Å². The van der Waals surface area contributed by atoms with Crippen molar-refractivity contribution in [3.8, 4) is 5.75 Å². The first-order valence-electron chi connectivity index (χ1n) is 11.3. The molecule has 5 rings (SSSR count). The molecule has 34 heavy (non-hydrogen) atoms. The molecule has 2 amide bonds. The number of carbonyl (C=O) groups excluding carboxylic acids is 2. The molecule has 0 bridgehead atoms. The molecule has 0 saturated heterocycles. The number of amides is 2. The van der Waals surface area contributed by atoms with Crippen molar-refractivity contribution in [1.29, 1.82) is 0 Å². The summed E-state index contributed by atoms with van der Waals surface area (Å²) in [5.41, 5.74) is 1.86. The number of aromatic amines is 1. The van der Waals surface area contributed by atoms with E-state index >= 15 is 0 Å². The number of fused-ring (bicyclic) bond motifs is 2. The van der Waals surface area contributed by atoms with Crippen LogP contribution in [0.2, 0.25) is 0 Å². The molecule has 4 aromatic rings. The van der Waals surface area contributed by atoms with Gasteiger partial charge in [-0.1, -0.05) is 19.3 Å². The minimum atomic E-state index is -0.308. The van der Waals surface area contributed by atoms with Crippen LogP contribution in [0.15, 0.2) is 42.9 Å². The van der Waals surface area contributed by atoms with E-state index in [1.54, 1.807) is 54.3 Å². The second kappa shape index (κ2) is 10.3. The van der Waals surface area contributed by atoms with E-state index in [2.05, 4.69) is 25.6 Å². The number of ether oxygens (including phenoxy) is 1. The van der Waals surface area contributed by atoms with Crippen LogP contribution < -0.4 is 10.1 Å². The van der Waals surface area contributed by atoms with Crippen LogP contribution in [-0.2, 0) is 4.79 Å². The first-order chi connectivity index (χ1) is 16.5. The van der Waals surface area contributed by atoms with Crippen molar-refractivity contribution in [1.82, 2.24) is 29.7 Å². The summed E-state index contributed by atoms with van der Waals surface area (Å²) in [6.45, 7) is 1.65. The maximum absolute atomic E-state index is 12.6. The van der Waals surface area contributed by atoms with E-state index in [4.69, 9.17) is 4.74 Å². The number of rotatable bonds is 4. The van der Waals surface area contributed by atoms with Crippen molar-refractivity contribution in [2.24, 2.45) is 0 Å². The van der Waals surface area contributed by atoms with E-state index < -0.39 is 0 Å². The maximum Gasteiger partial charge on any atom is 0.260 e. The number of imidazole rings is 1. The van der Waals surface area contributed by atoms with Crippen molar-refractivity contribution in [2.45, 2.75) is 45.1 Å². The topological polar surface area (TPSA) is 118 Å². The molecule has 10 heteroatoms. The second-order valence-electron chi connectivity index (χ2n) is 8.32. The molecule has 180 valence electrons. The van der Waals surface area contributed by atoms with Gasteiger partial charge in [0.15, 0.2) is 11.5 Å². The van der Waals surface area contributed by atoms with Crippen LogP contribution in [-0.4, -0.2) is 61.7 Å². The molecule has 1 fully saturated rings. The zero-order valence-electron chi connectivity index (χ0n) is 19.6. The van der Waals surface area contributed by atoms with Crippen molar-refractivity contribution in [3.63, 3.8) is 0 Å². The molecule has 0 radical (unpaired) electrons. The number of H-pyrrole nitrogens is 1. The highest BCUT2D eigenvalue weighted by Crippen LogP contribution is 2.25. The molecule has 0 atom stereocenters. The first-order valence-corrected chi connectivity index (χ1v) is 11.3. The molecule has 10 nitrogen and oxygen atoms in total. The molecule has 1 aliphatic carbocycles. The number of aromatic nitrogens is 5. The molecular weight excluding hydrogens is 434 g/mol. The molecule has 1 aromatic carbocycles. The van der Waals surface area contributed by atoms with Crippen LogP contribution >= 0.6 is 0 Å². The lowest BCUT2D eigenvalue weighted by Gasteiger charge is -2.30. The summed E-state index contributed by atoms with van der Waals surface area (Å²) in [6.07, 6.45) is 11.2. The Bertz CT molecular complexity index is 1300. The third-order valence-corrected chi connectivity index (χ3v) is 6.14. The number of hydrogen-bond donors (Lipinski definition) is 2. The number of carbonyl (C=O) groups is 2. The van der Waals surface area contributed by atoms with Gasteiger partial charge in [0.2, 0.25) is 5.91 Å². The van der Waals surface area contributed by atoms with E-state index in [9.17, 15) is 9.59 Å². The minimum Gasteiger partial charge on any atom is -0.496 e. The van der Waals surface area contributed by atoms with Crippen LogP contribution in [0.1, 0.15) is 50.8 Å². The molecule has 3 aromatic heterocycles. The fraction of sp³-hybridized carbons (Fsp3) is 0.375. The van der Waals surface area contributed by atoms with Gasteiger partial charge in [-0.3, -0.25) is 14.7 Å². The van der Waals surface area contributed by atoms with Crippen molar-refractivity contribution < 1.29 is 15.8 Å². The Labute approximate surface area is 198 Å². The average molecular weight is 466 g/mol. The number of anilines is 1. The lowest BCUT2D eigenvalue weighted by molar-refractivity contribution is -0.130. The maximum atomic E-state index is 12.6. The summed E-state index contributed by atoms with van der Waals surface area (Å²) in [4.78, 5) is 29.7. The molecule has 2 N–H and O–H groups in total. The van der Waals surface area contributed by atoms with Gasteiger partial charge < -0.3 is 15.0 Å². The quantitative estimate of drug-likeness (QED) is 0.472. The average Bonchev–Trinajstić information content (AvgIpc) is 3.50. The third kappa shape index (κ3) is 5.00. The summed E-state index contributed by atoms with van der Waals surface area (Å²) in [5, 5.41) is 14.6. The standard InChI is InChI=1S/C15H12N6O2.C9H17NO.H2/c1-23-12-6-11-9(7-17-20-11)5-10(12)15(22)19-14-8-16-13-3-2-4-18-21(13)14;1-8(11)10(2)9-6-4-3-5-7-9;/h2-8H,1H3,(H,17,20)(H,19,22);9H,3-7H2,1-2H3;1H. The predicted octanol–water partition coefficient (Wildman–Crippen LogP) is 3.91. The monoisotopic (exact) mass is 465 g/mol. The van der Waals surface area contributed by atoms with Gasteiger partial charge in [-0.05, 0) is 31.0 Å². The van der Waals surface area contributed by atoms with Gasteiger partial charge in [0.25, 0.3) is 5.91 Å². The molecule has 1 aliphatic rings. The Morgan fingerprint density at radius 1 is 1.24 bits per heavy atom. The third-order valence-electron chi connectivity index (χ3n) is 6.14. The number of nitrogens with zero attached hydrogens (tertiary/aromatic N) is 5. The van der Waals surface area contributed by atoms with Crippen LogP contribution in [0, 0.1) is 0 Å². The van der Waals surface area contributed by atoms with E-state index in [0.29, 0.717) is 28.8 Å².